The Morgan fingerprint density at radius 1 is 1.50 bits per heavy atom. The molecule has 72 valence electrons. The fraction of sp³-hybridized carbons (Fsp3) is 1.00. The summed E-state index contributed by atoms with van der Waals surface area (Å²) in [6.45, 7) is 5.22. The van der Waals surface area contributed by atoms with Gasteiger partial charge in [-0.25, -0.2) is 0 Å². The van der Waals surface area contributed by atoms with Crippen LogP contribution in [-0.2, 0) is 16.3 Å². The van der Waals surface area contributed by atoms with Crippen molar-refractivity contribution in [1.82, 2.24) is 0 Å². The lowest BCUT2D eigenvalue weighted by atomic mass is 10.0. The van der Waals surface area contributed by atoms with Gasteiger partial charge in [-0.2, -0.15) is 4.52 Å². The Morgan fingerprint density at radius 3 is 2.58 bits per heavy atom. The summed E-state index contributed by atoms with van der Waals surface area (Å²) in [6.07, 6.45) is 4.13. The average Bonchev–Trinajstić information content (AvgIpc) is 2.05. The number of thiol groups is 1. The van der Waals surface area contributed by atoms with E-state index in [0.29, 0.717) is 5.92 Å². The summed E-state index contributed by atoms with van der Waals surface area (Å²) in [5.41, 5.74) is 0. The molecule has 0 aliphatic carbocycles. The zero-order valence-corrected chi connectivity index (χ0v) is 10.4. The molecule has 12 heavy (non-hydrogen) atoms. The molecule has 1 nitrogen and oxygen atoms in total. The Bertz CT molecular complexity index is 130. The zero-order valence-electron chi connectivity index (χ0n) is 7.82. The van der Waals surface area contributed by atoms with Crippen LogP contribution >= 0.6 is 18.4 Å². The van der Waals surface area contributed by atoms with E-state index in [4.69, 9.17) is 16.3 Å². The molecule has 0 saturated heterocycles. The first kappa shape index (κ1) is 12.8. The van der Waals surface area contributed by atoms with Gasteiger partial charge < -0.3 is 0 Å². The summed E-state index contributed by atoms with van der Waals surface area (Å²) in [7, 11) is 0. The van der Waals surface area contributed by atoms with Gasteiger partial charge in [0.2, 0.25) is 11.8 Å². The van der Waals surface area contributed by atoms with E-state index in [1.54, 1.807) is 0 Å². The van der Waals surface area contributed by atoms with Crippen LogP contribution in [0.5, 0.6) is 0 Å². The Kier molecular flexibility index (Phi) is 9.01. The lowest BCUT2D eigenvalue weighted by Crippen LogP contribution is -2.05. The predicted octanol–water partition coefficient (Wildman–Crippen LogP) is 3.92. The molecule has 0 bridgehead atoms. The summed E-state index contributed by atoms with van der Waals surface area (Å²) in [5.74, 6) is 0.685. The third kappa shape index (κ3) is 7.48. The monoisotopic (exact) mass is 225 g/mol. The number of hydrogen-bond acceptors (Lipinski definition) is 2. The molecule has 0 saturated carbocycles. The van der Waals surface area contributed by atoms with Gasteiger partial charge in [0.15, 0.2) is 0 Å². The maximum Gasteiger partial charge on any atom is 0.411 e. The molecule has 4 heteroatoms. The van der Waals surface area contributed by atoms with Crippen molar-refractivity contribution >= 4 is 30.2 Å². The first-order chi connectivity index (χ1) is 5.70. The van der Waals surface area contributed by atoms with E-state index in [1.165, 1.54) is 25.7 Å². The van der Waals surface area contributed by atoms with Crippen molar-refractivity contribution in [3.63, 3.8) is 0 Å². The molecule has 0 amide bonds. The second kappa shape index (κ2) is 8.43. The van der Waals surface area contributed by atoms with Gasteiger partial charge in [-0.15, -0.1) is 0 Å². The van der Waals surface area contributed by atoms with Crippen LogP contribution in [0.4, 0.5) is 0 Å². The molecule has 0 fully saturated rings. The van der Waals surface area contributed by atoms with Gasteiger partial charge in [0, 0.05) is 0 Å². The summed E-state index contributed by atoms with van der Waals surface area (Å²) in [4.78, 5) is 0. The Balaban J connectivity index is 3.45. The standard InChI is InChI=1S/C8H17OPS2/c1-3-5-6-8(4-2)7-9-10(11)12/h8H,3-7H2,1-2H3/p+1. The zero-order chi connectivity index (χ0) is 9.40. The smallest absolute Gasteiger partial charge is 0.158 e. The average molecular weight is 225 g/mol. The predicted molar refractivity (Wildman–Crippen MR) is 62.5 cm³/mol. The van der Waals surface area contributed by atoms with Gasteiger partial charge in [-0.3, -0.25) is 0 Å². The highest BCUT2D eigenvalue weighted by Crippen LogP contribution is 2.29. The van der Waals surface area contributed by atoms with Gasteiger partial charge in [0.25, 0.3) is 0 Å². The molecular weight excluding hydrogens is 207 g/mol. The molecule has 0 aromatic heterocycles. The molecule has 0 rings (SSSR count). The van der Waals surface area contributed by atoms with Crippen molar-refractivity contribution < 1.29 is 4.52 Å². The molecule has 0 radical (unpaired) electrons. The first-order valence-electron chi connectivity index (χ1n) is 4.49. The molecule has 0 aliphatic heterocycles. The second-order valence-electron chi connectivity index (χ2n) is 2.95. The van der Waals surface area contributed by atoms with E-state index in [1.807, 2.05) is 0 Å². The lowest BCUT2D eigenvalue weighted by Gasteiger charge is -2.09. The number of hydrogen-bond donors (Lipinski definition) is 1. The van der Waals surface area contributed by atoms with Gasteiger partial charge in [0.05, 0.1) is 0 Å². The van der Waals surface area contributed by atoms with Crippen LogP contribution in [0, 0.1) is 5.92 Å². The number of unbranched alkanes of at least 4 members (excludes halogenated alkanes) is 1. The summed E-state index contributed by atoms with van der Waals surface area (Å²) in [6, 6.07) is 0. The lowest BCUT2D eigenvalue weighted by molar-refractivity contribution is 0.263. The fourth-order valence-electron chi connectivity index (χ4n) is 1.07. The first-order valence-corrected chi connectivity index (χ1v) is 7.92. The van der Waals surface area contributed by atoms with Crippen LogP contribution < -0.4 is 0 Å². The molecular formula is C8H18OPS2+. The van der Waals surface area contributed by atoms with E-state index in [0.717, 1.165) is 6.61 Å². The highest BCUT2D eigenvalue weighted by atomic mass is 32.9. The Morgan fingerprint density at radius 2 is 2.17 bits per heavy atom. The largest absolute Gasteiger partial charge is 0.411 e. The van der Waals surface area contributed by atoms with Crippen LogP contribution in [0.2, 0.25) is 0 Å². The Hall–Kier alpha value is 0.830. The van der Waals surface area contributed by atoms with Crippen molar-refractivity contribution in [2.45, 2.75) is 39.5 Å². The summed E-state index contributed by atoms with van der Waals surface area (Å²) in [5, 5.41) is 0. The van der Waals surface area contributed by atoms with E-state index >= 15 is 0 Å². The third-order valence-corrected chi connectivity index (χ3v) is 3.00. The maximum atomic E-state index is 5.34. The minimum atomic E-state index is -0.876. The highest BCUT2D eigenvalue weighted by molar-refractivity contribution is 8.54. The Labute approximate surface area is 86.9 Å². The van der Waals surface area contributed by atoms with Crippen molar-refractivity contribution in [2.24, 2.45) is 5.92 Å². The fourth-order valence-corrected chi connectivity index (χ4v) is 1.79. The summed E-state index contributed by atoms with van der Waals surface area (Å²) < 4.78 is 5.34. The molecule has 0 N–H and O–H groups in total. The van der Waals surface area contributed by atoms with Crippen LogP contribution in [0.15, 0.2) is 0 Å². The summed E-state index contributed by atoms with van der Waals surface area (Å²) >= 11 is 8.92. The van der Waals surface area contributed by atoms with Gasteiger partial charge in [-0.05, 0) is 12.3 Å². The normalized spacial score (nSPS) is 14.4. The molecule has 0 aromatic carbocycles. The van der Waals surface area contributed by atoms with E-state index in [9.17, 15) is 0 Å². The number of rotatable bonds is 7. The molecule has 0 spiro atoms. The maximum absolute atomic E-state index is 5.34. The van der Waals surface area contributed by atoms with Crippen LogP contribution in [0.3, 0.4) is 0 Å². The molecule has 2 unspecified atom stereocenters. The topological polar surface area (TPSA) is 9.23 Å². The minimum Gasteiger partial charge on any atom is -0.158 e. The van der Waals surface area contributed by atoms with Crippen molar-refractivity contribution in [2.75, 3.05) is 6.61 Å². The van der Waals surface area contributed by atoms with Crippen LogP contribution in [-0.4, -0.2) is 6.61 Å². The molecule has 0 aliphatic rings. The second-order valence-corrected chi connectivity index (χ2v) is 6.58. The minimum absolute atomic E-state index is 0.685. The van der Waals surface area contributed by atoms with E-state index in [2.05, 4.69) is 26.1 Å². The van der Waals surface area contributed by atoms with Crippen LogP contribution in [0.1, 0.15) is 39.5 Å². The van der Waals surface area contributed by atoms with E-state index < -0.39 is 6.13 Å². The van der Waals surface area contributed by atoms with Gasteiger partial charge in [0.1, 0.15) is 18.9 Å². The quantitative estimate of drug-likeness (QED) is 0.519. The van der Waals surface area contributed by atoms with Crippen molar-refractivity contribution in [3.05, 3.63) is 0 Å². The molecule has 0 heterocycles. The van der Waals surface area contributed by atoms with Crippen molar-refractivity contribution in [1.29, 1.82) is 0 Å². The van der Waals surface area contributed by atoms with Crippen LogP contribution in [0.25, 0.3) is 0 Å². The van der Waals surface area contributed by atoms with E-state index in [-0.39, 0.29) is 0 Å². The molecule has 0 aromatic rings. The van der Waals surface area contributed by atoms with Crippen molar-refractivity contribution in [3.8, 4) is 0 Å². The van der Waals surface area contributed by atoms with Gasteiger partial charge >= 0.3 is 6.13 Å². The highest BCUT2D eigenvalue weighted by Gasteiger charge is 2.11. The van der Waals surface area contributed by atoms with Gasteiger partial charge in [-0.1, -0.05) is 33.1 Å². The SMILES string of the molecule is CCCCC(CC)CO[P+](=S)S. The third-order valence-electron chi connectivity index (χ3n) is 1.96. The molecule has 2 atom stereocenters.